The van der Waals surface area contributed by atoms with E-state index in [0.717, 1.165) is 38.2 Å². The molecular formula is C21H18N2O3S2. The molecule has 0 bridgehead atoms. The molecule has 0 amide bonds. The molecule has 0 saturated heterocycles. The minimum atomic E-state index is -1.36. The smallest absolute Gasteiger partial charge is 0.203 e. The molecule has 1 atom stereocenters. The van der Waals surface area contributed by atoms with Gasteiger partial charge in [0.05, 0.1) is 29.8 Å². The van der Waals surface area contributed by atoms with Crippen molar-refractivity contribution in [3.8, 4) is 34.0 Å². The maximum atomic E-state index is 12.9. The minimum Gasteiger partial charge on any atom is -0.497 e. The van der Waals surface area contributed by atoms with Gasteiger partial charge in [-0.15, -0.1) is 11.3 Å². The molecule has 1 N–H and O–H groups in total. The van der Waals surface area contributed by atoms with Gasteiger partial charge in [-0.05, 0) is 60.0 Å². The SMILES string of the molecule is COc1ccc(-c2nc(S(=O)c3cccs3)[nH]c2-c2ccc(OC)cc2)cc1. The Balaban J connectivity index is 1.82. The normalized spacial score (nSPS) is 11.9. The van der Waals surface area contributed by atoms with Gasteiger partial charge < -0.3 is 14.5 Å². The highest BCUT2D eigenvalue weighted by Gasteiger charge is 2.19. The Morgan fingerprint density at radius 2 is 1.50 bits per heavy atom. The molecule has 2 aromatic heterocycles. The van der Waals surface area contributed by atoms with Crippen LogP contribution in [0, 0.1) is 0 Å². The Kier molecular flexibility index (Phi) is 5.27. The first-order chi connectivity index (χ1) is 13.7. The zero-order valence-electron chi connectivity index (χ0n) is 15.3. The molecule has 0 aliphatic carbocycles. The van der Waals surface area contributed by atoms with Gasteiger partial charge in [0.15, 0.2) is 0 Å². The van der Waals surface area contributed by atoms with E-state index in [1.165, 1.54) is 11.3 Å². The number of nitrogens with zero attached hydrogens (tertiary/aromatic N) is 1. The summed E-state index contributed by atoms with van der Waals surface area (Å²) < 4.78 is 24.2. The molecule has 0 aliphatic heterocycles. The van der Waals surface area contributed by atoms with E-state index in [-0.39, 0.29) is 0 Å². The third-order valence-corrected chi connectivity index (χ3v) is 6.73. The van der Waals surface area contributed by atoms with Crippen LogP contribution in [-0.2, 0) is 10.8 Å². The van der Waals surface area contributed by atoms with Crippen LogP contribution in [0.25, 0.3) is 22.5 Å². The summed E-state index contributed by atoms with van der Waals surface area (Å²) in [7, 11) is 1.91. The second-order valence-electron chi connectivity index (χ2n) is 5.92. The fourth-order valence-electron chi connectivity index (χ4n) is 2.83. The van der Waals surface area contributed by atoms with Crippen molar-refractivity contribution in [2.75, 3.05) is 14.2 Å². The largest absolute Gasteiger partial charge is 0.497 e. The zero-order valence-corrected chi connectivity index (χ0v) is 17.0. The van der Waals surface area contributed by atoms with Crippen molar-refractivity contribution in [3.05, 3.63) is 66.0 Å². The molecule has 0 aliphatic rings. The molecule has 0 fully saturated rings. The Morgan fingerprint density at radius 3 is 2.04 bits per heavy atom. The number of thiophene rings is 1. The third kappa shape index (κ3) is 3.58. The predicted molar refractivity (Wildman–Crippen MR) is 112 cm³/mol. The summed E-state index contributed by atoms with van der Waals surface area (Å²) in [6.07, 6.45) is 0. The molecule has 28 heavy (non-hydrogen) atoms. The zero-order chi connectivity index (χ0) is 19.5. The van der Waals surface area contributed by atoms with Gasteiger partial charge in [-0.25, -0.2) is 9.19 Å². The van der Waals surface area contributed by atoms with Crippen molar-refractivity contribution in [1.29, 1.82) is 0 Å². The van der Waals surface area contributed by atoms with Crippen LogP contribution >= 0.6 is 11.3 Å². The minimum absolute atomic E-state index is 0.430. The quantitative estimate of drug-likeness (QED) is 0.486. The molecule has 5 nitrogen and oxygen atoms in total. The van der Waals surface area contributed by atoms with Gasteiger partial charge in [0.1, 0.15) is 22.3 Å². The summed E-state index contributed by atoms with van der Waals surface area (Å²) in [5, 5.41) is 2.34. The third-order valence-electron chi connectivity index (χ3n) is 4.28. The summed E-state index contributed by atoms with van der Waals surface area (Å²) >= 11 is 1.45. The summed E-state index contributed by atoms with van der Waals surface area (Å²) in [4.78, 5) is 7.96. The topological polar surface area (TPSA) is 64.2 Å². The molecule has 0 radical (unpaired) electrons. The van der Waals surface area contributed by atoms with Gasteiger partial charge in [-0.2, -0.15) is 0 Å². The van der Waals surface area contributed by atoms with Gasteiger partial charge in [0.2, 0.25) is 5.16 Å². The fourth-order valence-corrected chi connectivity index (χ4v) is 4.79. The predicted octanol–water partition coefficient (Wildman–Crippen LogP) is 4.99. The average Bonchev–Trinajstić information content (AvgIpc) is 3.44. The van der Waals surface area contributed by atoms with Crippen LogP contribution in [0.3, 0.4) is 0 Å². The number of aromatic nitrogens is 2. The number of hydrogen-bond donors (Lipinski definition) is 1. The van der Waals surface area contributed by atoms with Crippen molar-refractivity contribution < 1.29 is 13.7 Å². The maximum absolute atomic E-state index is 12.9. The van der Waals surface area contributed by atoms with Crippen LogP contribution in [0.2, 0.25) is 0 Å². The fraction of sp³-hybridized carbons (Fsp3) is 0.0952. The van der Waals surface area contributed by atoms with Gasteiger partial charge >= 0.3 is 0 Å². The molecule has 7 heteroatoms. The van der Waals surface area contributed by atoms with Crippen LogP contribution < -0.4 is 9.47 Å². The maximum Gasteiger partial charge on any atom is 0.203 e. The van der Waals surface area contributed by atoms with Crippen LogP contribution in [0.1, 0.15) is 0 Å². The van der Waals surface area contributed by atoms with Crippen LogP contribution in [0.15, 0.2) is 75.4 Å². The molecule has 1 unspecified atom stereocenters. The van der Waals surface area contributed by atoms with E-state index in [0.29, 0.717) is 5.16 Å². The molecule has 2 aromatic carbocycles. The molecule has 4 rings (SSSR count). The van der Waals surface area contributed by atoms with Crippen molar-refractivity contribution in [2.24, 2.45) is 0 Å². The highest BCUT2D eigenvalue weighted by Crippen LogP contribution is 2.33. The highest BCUT2D eigenvalue weighted by atomic mass is 32.2. The van der Waals surface area contributed by atoms with E-state index in [1.54, 1.807) is 14.2 Å². The summed E-state index contributed by atoms with van der Waals surface area (Å²) in [6.45, 7) is 0. The lowest BCUT2D eigenvalue weighted by atomic mass is 10.0. The van der Waals surface area contributed by atoms with E-state index in [2.05, 4.69) is 9.97 Å². The first-order valence-corrected chi connectivity index (χ1v) is 10.6. The lowest BCUT2D eigenvalue weighted by Crippen LogP contribution is -1.92. The molecule has 2 heterocycles. The van der Waals surface area contributed by atoms with Gasteiger partial charge in [0, 0.05) is 11.1 Å². The number of rotatable bonds is 6. The summed E-state index contributed by atoms with van der Waals surface area (Å²) in [5.74, 6) is 1.55. The van der Waals surface area contributed by atoms with Crippen molar-refractivity contribution >= 4 is 22.1 Å². The van der Waals surface area contributed by atoms with Gasteiger partial charge in [0.25, 0.3) is 0 Å². The number of aromatic amines is 1. The molecule has 4 aromatic rings. The van der Waals surface area contributed by atoms with E-state index >= 15 is 0 Å². The Morgan fingerprint density at radius 1 is 0.893 bits per heavy atom. The van der Waals surface area contributed by atoms with E-state index < -0.39 is 10.8 Å². The number of imidazole rings is 1. The highest BCUT2D eigenvalue weighted by molar-refractivity contribution is 7.87. The Bertz CT molecular complexity index is 1020. The van der Waals surface area contributed by atoms with E-state index in [4.69, 9.17) is 9.47 Å². The molecular weight excluding hydrogens is 392 g/mol. The van der Waals surface area contributed by atoms with Gasteiger partial charge in [-0.3, -0.25) is 0 Å². The van der Waals surface area contributed by atoms with Crippen LogP contribution in [0.5, 0.6) is 11.5 Å². The van der Waals surface area contributed by atoms with Crippen molar-refractivity contribution in [1.82, 2.24) is 9.97 Å². The number of methoxy groups -OCH3 is 2. The number of hydrogen-bond acceptors (Lipinski definition) is 5. The van der Waals surface area contributed by atoms with Gasteiger partial charge in [-0.1, -0.05) is 6.07 Å². The molecule has 0 saturated carbocycles. The van der Waals surface area contributed by atoms with Crippen LogP contribution in [0.4, 0.5) is 0 Å². The number of H-pyrrole nitrogens is 1. The number of nitrogens with one attached hydrogen (secondary N) is 1. The first-order valence-electron chi connectivity index (χ1n) is 8.53. The number of ether oxygens (including phenoxy) is 2. The standard InChI is InChI=1S/C21H18N2O3S2/c1-25-16-9-5-14(6-10-16)19-20(15-7-11-17(26-2)12-8-15)23-21(22-19)28(24)18-4-3-13-27-18/h3-13H,1-2H3,(H,22,23). The molecule has 142 valence electrons. The average molecular weight is 411 g/mol. The second kappa shape index (κ2) is 8.00. The monoisotopic (exact) mass is 410 g/mol. The summed E-state index contributed by atoms with van der Waals surface area (Å²) in [6, 6.07) is 19.1. The van der Waals surface area contributed by atoms with Crippen LogP contribution in [-0.4, -0.2) is 28.4 Å². The van der Waals surface area contributed by atoms with E-state index in [1.807, 2.05) is 66.0 Å². The summed E-state index contributed by atoms with van der Waals surface area (Å²) in [5.41, 5.74) is 3.41. The molecule has 0 spiro atoms. The van der Waals surface area contributed by atoms with Crippen molar-refractivity contribution in [3.63, 3.8) is 0 Å². The van der Waals surface area contributed by atoms with Crippen molar-refractivity contribution in [2.45, 2.75) is 9.37 Å². The lowest BCUT2D eigenvalue weighted by Gasteiger charge is -2.06. The second-order valence-corrected chi connectivity index (χ2v) is 8.49. The Hall–Kier alpha value is -2.90. The van der Waals surface area contributed by atoms with E-state index in [9.17, 15) is 4.21 Å². The Labute approximate surface area is 169 Å². The lowest BCUT2D eigenvalue weighted by molar-refractivity contribution is 0.414. The first kappa shape index (κ1) is 18.5. The number of benzene rings is 2.